The number of rotatable bonds is 3. The van der Waals surface area contributed by atoms with Crippen molar-refractivity contribution in [2.45, 2.75) is 20.4 Å². The Morgan fingerprint density at radius 1 is 1.39 bits per heavy atom. The highest BCUT2D eigenvalue weighted by Gasteiger charge is 2.20. The molecular weight excluding hydrogens is 332 g/mol. The van der Waals surface area contributed by atoms with Gasteiger partial charge in [0.2, 0.25) is 0 Å². The Hall–Kier alpha value is -2.18. The van der Waals surface area contributed by atoms with Crippen molar-refractivity contribution in [1.82, 2.24) is 15.3 Å². The minimum atomic E-state index is -0.232. The van der Waals surface area contributed by atoms with Crippen LogP contribution in [0.25, 0.3) is 10.2 Å². The number of nitrogens with two attached hydrogens (primary N) is 1. The number of hydrogen-bond donors (Lipinski definition) is 2. The summed E-state index contributed by atoms with van der Waals surface area (Å²) in [6, 6.07) is 5.56. The van der Waals surface area contributed by atoms with E-state index in [9.17, 15) is 4.79 Å². The molecule has 0 saturated heterocycles. The zero-order valence-corrected chi connectivity index (χ0v) is 14.3. The van der Waals surface area contributed by atoms with Crippen LogP contribution in [0.2, 0.25) is 5.02 Å². The van der Waals surface area contributed by atoms with Gasteiger partial charge in [0.15, 0.2) is 0 Å². The van der Waals surface area contributed by atoms with Crippen LogP contribution in [0, 0.1) is 13.8 Å². The number of nitrogen functional groups attached to an aromatic ring is 1. The minimum absolute atomic E-state index is 0.232. The van der Waals surface area contributed by atoms with Gasteiger partial charge in [0.1, 0.15) is 9.71 Å². The normalized spacial score (nSPS) is 10.9. The second-order valence-electron chi connectivity index (χ2n) is 5.16. The summed E-state index contributed by atoms with van der Waals surface area (Å²) in [7, 11) is 0. The SMILES string of the molecule is Cc1nc2sc(C(=O)NCc3ccccn3)c(N)c2c(C)c1Cl. The lowest BCUT2D eigenvalue weighted by Crippen LogP contribution is -2.23. The van der Waals surface area contributed by atoms with Crippen LogP contribution in [0.4, 0.5) is 5.69 Å². The Morgan fingerprint density at radius 3 is 2.87 bits per heavy atom. The number of anilines is 1. The monoisotopic (exact) mass is 346 g/mol. The van der Waals surface area contributed by atoms with Gasteiger partial charge in [0.05, 0.1) is 28.6 Å². The van der Waals surface area contributed by atoms with Gasteiger partial charge in [0, 0.05) is 11.6 Å². The second kappa shape index (κ2) is 6.14. The number of fused-ring (bicyclic) bond motifs is 1. The maximum Gasteiger partial charge on any atom is 0.263 e. The molecule has 7 heteroatoms. The lowest BCUT2D eigenvalue weighted by atomic mass is 10.1. The van der Waals surface area contributed by atoms with Crippen LogP contribution < -0.4 is 11.1 Å². The number of carbonyl (C=O) groups is 1. The number of carbonyl (C=O) groups excluding carboxylic acids is 1. The first kappa shape index (κ1) is 15.7. The molecule has 0 aliphatic carbocycles. The lowest BCUT2D eigenvalue weighted by molar-refractivity contribution is 0.0955. The number of nitrogens with one attached hydrogen (secondary N) is 1. The van der Waals surface area contributed by atoms with Crippen molar-refractivity contribution in [1.29, 1.82) is 0 Å². The van der Waals surface area contributed by atoms with Crippen LogP contribution in [0.3, 0.4) is 0 Å². The van der Waals surface area contributed by atoms with Crippen molar-refractivity contribution in [3.8, 4) is 0 Å². The maximum atomic E-state index is 12.4. The van der Waals surface area contributed by atoms with Crippen LogP contribution in [0.15, 0.2) is 24.4 Å². The van der Waals surface area contributed by atoms with Gasteiger partial charge in [-0.1, -0.05) is 17.7 Å². The van der Waals surface area contributed by atoms with Crippen molar-refractivity contribution < 1.29 is 4.79 Å². The molecule has 0 radical (unpaired) electrons. The summed E-state index contributed by atoms with van der Waals surface area (Å²) in [4.78, 5) is 22.2. The Balaban J connectivity index is 1.92. The Kier molecular flexibility index (Phi) is 4.19. The highest BCUT2D eigenvalue weighted by molar-refractivity contribution is 7.21. The van der Waals surface area contributed by atoms with E-state index < -0.39 is 0 Å². The molecule has 3 N–H and O–H groups in total. The maximum absolute atomic E-state index is 12.4. The molecule has 0 saturated carbocycles. The predicted molar refractivity (Wildman–Crippen MR) is 93.9 cm³/mol. The molecule has 23 heavy (non-hydrogen) atoms. The standard InChI is InChI=1S/C16H15ClN4OS/c1-8-11-13(18)14(23-16(11)21-9(2)12(8)17)15(22)20-7-10-5-3-4-6-19-10/h3-6H,7,18H2,1-2H3,(H,20,22). The van der Waals surface area contributed by atoms with Gasteiger partial charge in [-0.15, -0.1) is 11.3 Å². The molecule has 1 amide bonds. The van der Waals surface area contributed by atoms with Gasteiger partial charge in [0.25, 0.3) is 5.91 Å². The average Bonchev–Trinajstić information content (AvgIpc) is 2.88. The fourth-order valence-electron chi connectivity index (χ4n) is 2.38. The van der Waals surface area contributed by atoms with Gasteiger partial charge < -0.3 is 11.1 Å². The van der Waals surface area contributed by atoms with Crippen LogP contribution in [-0.2, 0) is 6.54 Å². The summed E-state index contributed by atoms with van der Waals surface area (Å²) in [6.07, 6.45) is 1.69. The Labute approximate surface area is 142 Å². The van der Waals surface area contributed by atoms with Gasteiger partial charge in [-0.3, -0.25) is 9.78 Å². The zero-order chi connectivity index (χ0) is 16.6. The molecule has 3 rings (SSSR count). The number of aryl methyl sites for hydroxylation is 2. The predicted octanol–water partition coefficient (Wildman–Crippen LogP) is 3.47. The summed E-state index contributed by atoms with van der Waals surface area (Å²) < 4.78 is 0. The number of hydrogen-bond acceptors (Lipinski definition) is 5. The highest BCUT2D eigenvalue weighted by atomic mass is 35.5. The minimum Gasteiger partial charge on any atom is -0.397 e. The van der Waals surface area contributed by atoms with Gasteiger partial charge in [-0.05, 0) is 31.5 Å². The third-order valence-electron chi connectivity index (χ3n) is 3.58. The molecule has 3 aromatic heterocycles. The molecule has 0 aliphatic heterocycles. The molecule has 0 unspecified atom stereocenters. The zero-order valence-electron chi connectivity index (χ0n) is 12.7. The van der Waals surface area contributed by atoms with Crippen molar-refractivity contribution in [2.24, 2.45) is 0 Å². The lowest BCUT2D eigenvalue weighted by Gasteiger charge is -2.05. The van der Waals surface area contributed by atoms with E-state index in [1.165, 1.54) is 11.3 Å². The second-order valence-corrected chi connectivity index (χ2v) is 6.54. The molecule has 0 bridgehead atoms. The summed E-state index contributed by atoms with van der Waals surface area (Å²) in [5.74, 6) is -0.232. The van der Waals surface area contributed by atoms with Crippen molar-refractivity contribution in [2.75, 3.05) is 5.73 Å². The van der Waals surface area contributed by atoms with Gasteiger partial charge >= 0.3 is 0 Å². The molecule has 0 atom stereocenters. The molecular formula is C16H15ClN4OS. The molecule has 3 aromatic rings. The average molecular weight is 347 g/mol. The van der Waals surface area contributed by atoms with E-state index in [0.29, 0.717) is 22.1 Å². The third kappa shape index (κ3) is 2.87. The first-order valence-electron chi connectivity index (χ1n) is 7.01. The smallest absolute Gasteiger partial charge is 0.263 e. The number of aromatic nitrogens is 2. The molecule has 0 aromatic carbocycles. The fourth-order valence-corrected chi connectivity index (χ4v) is 3.63. The summed E-state index contributed by atoms with van der Waals surface area (Å²) >= 11 is 7.51. The van der Waals surface area contributed by atoms with Gasteiger partial charge in [-0.2, -0.15) is 0 Å². The first-order chi connectivity index (χ1) is 11.0. The van der Waals surface area contributed by atoms with Crippen molar-refractivity contribution in [3.63, 3.8) is 0 Å². The van der Waals surface area contributed by atoms with Gasteiger partial charge in [-0.25, -0.2) is 4.98 Å². The number of amides is 1. The molecule has 5 nitrogen and oxygen atoms in total. The number of thiophene rings is 1. The van der Waals surface area contributed by atoms with E-state index in [1.54, 1.807) is 6.20 Å². The van der Waals surface area contributed by atoms with Crippen LogP contribution in [-0.4, -0.2) is 15.9 Å². The van der Waals surface area contributed by atoms with Crippen LogP contribution in [0.5, 0.6) is 0 Å². The largest absolute Gasteiger partial charge is 0.397 e. The van der Waals surface area contributed by atoms with E-state index in [0.717, 1.165) is 27.2 Å². The Morgan fingerprint density at radius 2 is 2.17 bits per heavy atom. The Bertz CT molecular complexity index is 892. The highest BCUT2D eigenvalue weighted by Crippen LogP contribution is 2.38. The van der Waals surface area contributed by atoms with E-state index >= 15 is 0 Å². The number of halogens is 1. The molecule has 3 heterocycles. The molecule has 0 fully saturated rings. The van der Waals surface area contributed by atoms with Crippen molar-refractivity contribution in [3.05, 3.63) is 51.2 Å². The quantitative estimate of drug-likeness (QED) is 0.760. The first-order valence-corrected chi connectivity index (χ1v) is 8.21. The van der Waals surface area contributed by atoms with Crippen LogP contribution in [0.1, 0.15) is 26.6 Å². The van der Waals surface area contributed by atoms with E-state index in [-0.39, 0.29) is 5.91 Å². The third-order valence-corrected chi connectivity index (χ3v) is 5.24. The number of nitrogens with zero attached hydrogens (tertiary/aromatic N) is 2. The summed E-state index contributed by atoms with van der Waals surface area (Å²) in [5, 5.41) is 4.18. The number of pyridine rings is 2. The molecule has 0 spiro atoms. The van der Waals surface area contributed by atoms with E-state index in [4.69, 9.17) is 17.3 Å². The van der Waals surface area contributed by atoms with E-state index in [1.807, 2.05) is 32.0 Å². The molecule has 0 aliphatic rings. The summed E-state index contributed by atoms with van der Waals surface area (Å²) in [6.45, 7) is 4.07. The summed E-state index contributed by atoms with van der Waals surface area (Å²) in [5.41, 5.74) is 8.96. The molecule has 118 valence electrons. The van der Waals surface area contributed by atoms with E-state index in [2.05, 4.69) is 15.3 Å². The van der Waals surface area contributed by atoms with Crippen LogP contribution >= 0.6 is 22.9 Å². The fraction of sp³-hybridized carbons (Fsp3) is 0.188. The van der Waals surface area contributed by atoms with Crippen molar-refractivity contribution >= 4 is 44.7 Å². The topological polar surface area (TPSA) is 80.9 Å².